The quantitative estimate of drug-likeness (QED) is 0.130. The fourth-order valence-electron chi connectivity index (χ4n) is 7.07. The molecule has 1 heterocycles. The van der Waals surface area contributed by atoms with Gasteiger partial charge in [-0.15, -0.1) is 5.46 Å². The Bertz CT molecular complexity index is 2470. The minimum absolute atomic E-state index is 0.0342. The standard InChI is InChI=1S/C41H27B3N2O2/c1-2-33-45-30-16-8-10-18-32(30)46(33)31-17-9-7-15-29(31)36-27-13-5-3-11-25(27)34(26-12-4-6-14-28(26)36)23-19-21-24(22-20-23)35-37(42)38(43)39(44)41(48)40(35)47/h3-22,47-48H,2H2,1H3. The average Bonchev–Trinajstić information content (AvgIpc) is 3.51. The second-order valence-corrected chi connectivity index (χ2v) is 12.0. The van der Waals surface area contributed by atoms with Gasteiger partial charge in [0.2, 0.25) is 0 Å². The van der Waals surface area contributed by atoms with Crippen molar-refractivity contribution in [2.24, 2.45) is 0 Å². The summed E-state index contributed by atoms with van der Waals surface area (Å²) in [4.78, 5) is 4.99. The Morgan fingerprint density at radius 3 is 1.69 bits per heavy atom. The lowest BCUT2D eigenvalue weighted by Gasteiger charge is -2.21. The maximum atomic E-state index is 10.8. The molecular formula is C41H27B3N2O2. The molecule has 0 fully saturated rings. The minimum atomic E-state index is -0.483. The number of fused-ring (bicyclic) bond motifs is 3. The van der Waals surface area contributed by atoms with E-state index < -0.39 is 11.5 Å². The Morgan fingerprint density at radius 1 is 0.542 bits per heavy atom. The molecule has 0 aliphatic rings. The fraction of sp³-hybridized carbons (Fsp3) is 0.0488. The van der Waals surface area contributed by atoms with Crippen molar-refractivity contribution < 1.29 is 10.2 Å². The molecule has 8 aromatic rings. The maximum absolute atomic E-state index is 10.8. The van der Waals surface area contributed by atoms with Gasteiger partial charge < -0.3 is 10.2 Å². The topological polar surface area (TPSA) is 58.3 Å². The van der Waals surface area contributed by atoms with Gasteiger partial charge in [0.05, 0.1) is 16.7 Å². The van der Waals surface area contributed by atoms with Gasteiger partial charge in [0, 0.05) is 17.5 Å². The minimum Gasteiger partial charge on any atom is -0.505 e. The molecule has 222 valence electrons. The second-order valence-electron chi connectivity index (χ2n) is 12.0. The van der Waals surface area contributed by atoms with Crippen LogP contribution in [0.4, 0.5) is 0 Å². The molecule has 1 aromatic heterocycles. The molecule has 0 atom stereocenters. The number of hydrogen-bond donors (Lipinski definition) is 2. The van der Waals surface area contributed by atoms with E-state index in [1.807, 2.05) is 30.3 Å². The van der Waals surface area contributed by atoms with E-state index in [-0.39, 0.29) is 22.0 Å². The Labute approximate surface area is 282 Å². The first kappa shape index (κ1) is 29.7. The largest absolute Gasteiger partial charge is 0.505 e. The molecule has 0 saturated heterocycles. The first-order valence-corrected chi connectivity index (χ1v) is 15.9. The highest BCUT2D eigenvalue weighted by Crippen LogP contribution is 2.46. The van der Waals surface area contributed by atoms with Gasteiger partial charge in [-0.05, 0) is 62.0 Å². The SMILES string of the molecule is [B]c1c([B])c(O)c(O)c(-c2ccc(-c3c4ccccc4c(-c4ccccc4-n4c(CC)nc5ccccc54)c4ccccc34)cc2)c1[B]. The zero-order valence-electron chi connectivity index (χ0n) is 26.3. The maximum Gasteiger partial charge on any atom is 0.164 e. The van der Waals surface area contributed by atoms with Crippen LogP contribution in [0.5, 0.6) is 11.5 Å². The summed E-state index contributed by atoms with van der Waals surface area (Å²) in [5, 5.41) is 25.6. The number of aromatic nitrogens is 2. The van der Waals surface area contributed by atoms with Crippen LogP contribution in [-0.4, -0.2) is 43.3 Å². The van der Waals surface area contributed by atoms with E-state index in [2.05, 4.69) is 102 Å². The summed E-state index contributed by atoms with van der Waals surface area (Å²) in [6.07, 6.45) is 0.797. The van der Waals surface area contributed by atoms with Gasteiger partial charge in [0.1, 0.15) is 35.1 Å². The van der Waals surface area contributed by atoms with Crippen molar-refractivity contribution in [3.63, 3.8) is 0 Å². The summed E-state index contributed by atoms with van der Waals surface area (Å²) < 4.78 is 2.30. The van der Waals surface area contributed by atoms with Crippen LogP contribution in [0.15, 0.2) is 121 Å². The molecule has 48 heavy (non-hydrogen) atoms. The molecule has 4 nitrogen and oxygen atoms in total. The van der Waals surface area contributed by atoms with Crippen LogP contribution in [0.1, 0.15) is 12.7 Å². The number of aromatic hydroxyl groups is 2. The van der Waals surface area contributed by atoms with Crippen LogP contribution in [0.25, 0.3) is 71.6 Å². The van der Waals surface area contributed by atoms with Gasteiger partial charge >= 0.3 is 0 Å². The van der Waals surface area contributed by atoms with Gasteiger partial charge in [-0.2, -0.15) is 0 Å². The predicted molar refractivity (Wildman–Crippen MR) is 201 cm³/mol. The van der Waals surface area contributed by atoms with Gasteiger partial charge in [-0.1, -0.05) is 121 Å². The van der Waals surface area contributed by atoms with E-state index in [1.165, 1.54) is 0 Å². The number of benzene rings is 7. The Balaban J connectivity index is 1.38. The summed E-state index contributed by atoms with van der Waals surface area (Å²) in [5.74, 6) is 0.128. The van der Waals surface area contributed by atoms with Crippen molar-refractivity contribution in [3.05, 3.63) is 127 Å². The molecule has 0 aliphatic carbocycles. The van der Waals surface area contributed by atoms with Crippen LogP contribution in [0.2, 0.25) is 0 Å². The van der Waals surface area contributed by atoms with Gasteiger partial charge in [-0.3, -0.25) is 4.57 Å². The molecule has 0 bridgehead atoms. The normalized spacial score (nSPS) is 11.5. The zero-order valence-corrected chi connectivity index (χ0v) is 26.3. The Kier molecular flexibility index (Phi) is 7.14. The average molecular weight is 612 g/mol. The molecule has 6 radical (unpaired) electrons. The number of hydrogen-bond acceptors (Lipinski definition) is 3. The van der Waals surface area contributed by atoms with E-state index >= 15 is 0 Å². The third-order valence-electron chi connectivity index (χ3n) is 9.32. The highest BCUT2D eigenvalue weighted by molar-refractivity contribution is 6.59. The van der Waals surface area contributed by atoms with Crippen LogP contribution in [-0.2, 0) is 6.42 Å². The first-order chi connectivity index (χ1) is 23.4. The van der Waals surface area contributed by atoms with E-state index in [0.29, 0.717) is 5.56 Å². The molecule has 0 spiro atoms. The van der Waals surface area contributed by atoms with Crippen molar-refractivity contribution in [3.8, 4) is 50.6 Å². The van der Waals surface area contributed by atoms with Crippen molar-refractivity contribution in [2.75, 3.05) is 0 Å². The molecule has 0 unspecified atom stereocenters. The summed E-state index contributed by atoms with van der Waals surface area (Å²) in [5.41, 5.74) is 8.35. The highest BCUT2D eigenvalue weighted by atomic mass is 16.3. The number of phenols is 2. The molecule has 2 N–H and O–H groups in total. The fourth-order valence-corrected chi connectivity index (χ4v) is 7.07. The lowest BCUT2D eigenvalue weighted by atomic mass is 9.68. The first-order valence-electron chi connectivity index (χ1n) is 15.9. The van der Waals surface area contributed by atoms with Crippen LogP contribution < -0.4 is 16.4 Å². The third-order valence-corrected chi connectivity index (χ3v) is 9.32. The van der Waals surface area contributed by atoms with Crippen LogP contribution >= 0.6 is 0 Å². The van der Waals surface area contributed by atoms with Gasteiger partial charge in [-0.25, -0.2) is 4.98 Å². The number of para-hydroxylation sites is 3. The lowest BCUT2D eigenvalue weighted by molar-refractivity contribution is 0.409. The number of aryl methyl sites for hydroxylation is 1. The third kappa shape index (κ3) is 4.45. The number of nitrogens with zero attached hydrogens (tertiary/aromatic N) is 2. The summed E-state index contributed by atoms with van der Waals surface area (Å²) in [6.45, 7) is 2.14. The number of imidazole rings is 1. The highest BCUT2D eigenvalue weighted by Gasteiger charge is 2.22. The molecule has 0 saturated carbocycles. The van der Waals surface area contributed by atoms with Crippen LogP contribution in [0, 0.1) is 0 Å². The molecule has 8 rings (SSSR count). The Morgan fingerprint density at radius 2 is 1.06 bits per heavy atom. The van der Waals surface area contributed by atoms with E-state index in [9.17, 15) is 10.2 Å². The molecule has 7 aromatic carbocycles. The summed E-state index contributed by atoms with van der Waals surface area (Å²) in [6, 6.07) is 41.7. The van der Waals surface area contributed by atoms with Crippen molar-refractivity contribution >= 4 is 72.5 Å². The summed E-state index contributed by atoms with van der Waals surface area (Å²) >= 11 is 0. The molecular weight excluding hydrogens is 585 g/mol. The Hall–Kier alpha value is -5.68. The molecule has 0 aliphatic heterocycles. The number of phenolic OH excluding ortho intramolecular Hbond substituents is 2. The van der Waals surface area contributed by atoms with Crippen molar-refractivity contribution in [2.45, 2.75) is 13.3 Å². The predicted octanol–water partition coefficient (Wildman–Crippen LogP) is 6.69. The monoisotopic (exact) mass is 612 g/mol. The number of rotatable bonds is 5. The van der Waals surface area contributed by atoms with Gasteiger partial charge in [0.15, 0.2) is 5.75 Å². The molecule has 7 heteroatoms. The van der Waals surface area contributed by atoms with Gasteiger partial charge in [0.25, 0.3) is 0 Å². The van der Waals surface area contributed by atoms with Crippen molar-refractivity contribution in [1.82, 2.24) is 9.55 Å². The second kappa shape index (κ2) is 11.5. The summed E-state index contributed by atoms with van der Waals surface area (Å²) in [7, 11) is 18.2. The lowest BCUT2D eigenvalue weighted by Crippen LogP contribution is -2.40. The zero-order chi connectivity index (χ0) is 33.1. The smallest absolute Gasteiger partial charge is 0.164 e. The van der Waals surface area contributed by atoms with E-state index in [0.717, 1.165) is 72.8 Å². The van der Waals surface area contributed by atoms with Crippen LogP contribution in [0.3, 0.4) is 0 Å². The van der Waals surface area contributed by atoms with Crippen molar-refractivity contribution in [1.29, 1.82) is 0 Å². The van der Waals surface area contributed by atoms with E-state index in [1.54, 1.807) is 0 Å². The van der Waals surface area contributed by atoms with E-state index in [4.69, 9.17) is 28.5 Å². The molecule has 0 amide bonds.